The molecule has 1 aliphatic heterocycles. The van der Waals surface area contributed by atoms with Gasteiger partial charge in [-0.2, -0.15) is 5.10 Å². The zero-order valence-corrected chi connectivity index (χ0v) is 19.6. The molecule has 1 fully saturated rings. The highest BCUT2D eigenvalue weighted by atomic mass is 32.2. The van der Waals surface area contributed by atoms with Gasteiger partial charge in [0.05, 0.1) is 22.9 Å². The molecule has 0 saturated carbocycles. The van der Waals surface area contributed by atoms with Gasteiger partial charge in [-0.15, -0.1) is 0 Å². The van der Waals surface area contributed by atoms with E-state index in [0.717, 1.165) is 49.8 Å². The molecule has 33 heavy (non-hydrogen) atoms. The van der Waals surface area contributed by atoms with Gasteiger partial charge in [0.2, 0.25) is 10.0 Å². The van der Waals surface area contributed by atoms with Crippen molar-refractivity contribution in [3.8, 4) is 11.3 Å². The Bertz CT molecular complexity index is 1260. The van der Waals surface area contributed by atoms with Gasteiger partial charge in [-0.25, -0.2) is 13.5 Å². The van der Waals surface area contributed by atoms with Crippen molar-refractivity contribution >= 4 is 26.5 Å². The summed E-state index contributed by atoms with van der Waals surface area (Å²) in [4.78, 5) is 14.4. The molecule has 2 N–H and O–H groups in total. The first-order valence-electron chi connectivity index (χ1n) is 11.3. The largest absolute Gasteiger partial charge is 0.380 e. The van der Waals surface area contributed by atoms with Gasteiger partial charge < -0.3 is 9.64 Å². The standard InChI is InChI=1S/C24H30N4O4S/c1-32-20-10-7-14-28(17-20)13-4-5-15-33(30,31)27-19-9-6-8-18(16-19)23-21-11-2-3-12-22(21)24(29)26-25-23/h2-3,6,8-9,11-12,16,20,27H,4-5,7,10,13-15,17H2,1H3,(H,26,29). The number of hydrogen-bond acceptors (Lipinski definition) is 6. The van der Waals surface area contributed by atoms with Crippen LogP contribution in [0.2, 0.25) is 0 Å². The number of unbranched alkanes of at least 4 members (excludes halogenated alkanes) is 1. The van der Waals surface area contributed by atoms with E-state index in [2.05, 4.69) is 19.8 Å². The minimum absolute atomic E-state index is 0.0681. The highest BCUT2D eigenvalue weighted by Crippen LogP contribution is 2.26. The summed E-state index contributed by atoms with van der Waals surface area (Å²) in [6.45, 7) is 2.85. The van der Waals surface area contributed by atoms with Crippen molar-refractivity contribution in [2.45, 2.75) is 31.8 Å². The lowest BCUT2D eigenvalue weighted by molar-refractivity contribution is 0.0310. The first-order chi connectivity index (χ1) is 15.9. The van der Waals surface area contributed by atoms with Gasteiger partial charge in [-0.05, 0) is 57.0 Å². The van der Waals surface area contributed by atoms with Crippen LogP contribution in [0.3, 0.4) is 0 Å². The quantitative estimate of drug-likeness (QED) is 0.466. The van der Waals surface area contributed by atoms with E-state index >= 15 is 0 Å². The number of aromatic nitrogens is 2. The molecule has 1 aliphatic rings. The molecule has 1 aromatic heterocycles. The number of fused-ring (bicyclic) bond motifs is 1. The summed E-state index contributed by atoms with van der Waals surface area (Å²) in [5.74, 6) is 0.0681. The van der Waals surface area contributed by atoms with Crippen LogP contribution in [0.1, 0.15) is 25.7 Å². The molecular formula is C24H30N4O4S. The molecule has 0 spiro atoms. The van der Waals surface area contributed by atoms with Crippen LogP contribution in [0.5, 0.6) is 0 Å². The maximum Gasteiger partial charge on any atom is 0.272 e. The van der Waals surface area contributed by atoms with Crippen LogP contribution >= 0.6 is 0 Å². The molecular weight excluding hydrogens is 440 g/mol. The number of hydrogen-bond donors (Lipinski definition) is 2. The summed E-state index contributed by atoms with van der Waals surface area (Å²) in [6, 6.07) is 14.3. The number of anilines is 1. The van der Waals surface area contributed by atoms with Crippen molar-refractivity contribution in [2.75, 3.05) is 37.2 Å². The Kier molecular flexibility index (Phi) is 7.42. The number of sulfonamides is 1. The Morgan fingerprint density at radius 3 is 2.79 bits per heavy atom. The maximum atomic E-state index is 12.6. The smallest absolute Gasteiger partial charge is 0.272 e. The van der Waals surface area contributed by atoms with E-state index in [1.54, 1.807) is 37.4 Å². The second-order valence-corrected chi connectivity index (χ2v) is 10.3. The number of aromatic amines is 1. The molecule has 3 aromatic rings. The van der Waals surface area contributed by atoms with Crippen LogP contribution in [-0.4, -0.2) is 62.1 Å². The third-order valence-corrected chi connectivity index (χ3v) is 7.41. The highest BCUT2D eigenvalue weighted by molar-refractivity contribution is 7.92. The fourth-order valence-electron chi connectivity index (χ4n) is 4.33. The van der Waals surface area contributed by atoms with Crippen LogP contribution in [0.4, 0.5) is 5.69 Å². The lowest BCUT2D eigenvalue weighted by Crippen LogP contribution is -2.39. The lowest BCUT2D eigenvalue weighted by atomic mass is 10.0. The van der Waals surface area contributed by atoms with Crippen LogP contribution < -0.4 is 10.3 Å². The Hall–Kier alpha value is -2.75. The Labute approximate surface area is 194 Å². The fourth-order valence-corrected chi connectivity index (χ4v) is 5.50. The van der Waals surface area contributed by atoms with Crippen molar-refractivity contribution in [2.24, 2.45) is 0 Å². The monoisotopic (exact) mass is 470 g/mol. The zero-order chi connectivity index (χ0) is 23.3. The first kappa shape index (κ1) is 23.4. The van der Waals surface area contributed by atoms with Crippen LogP contribution in [0.25, 0.3) is 22.0 Å². The van der Waals surface area contributed by atoms with E-state index in [-0.39, 0.29) is 17.4 Å². The van der Waals surface area contributed by atoms with Gasteiger partial charge in [-0.1, -0.05) is 30.3 Å². The molecule has 176 valence electrons. The number of benzene rings is 2. The number of nitrogens with one attached hydrogen (secondary N) is 2. The summed E-state index contributed by atoms with van der Waals surface area (Å²) < 4.78 is 33.4. The normalized spacial score (nSPS) is 17.3. The van der Waals surface area contributed by atoms with Gasteiger partial charge in [-0.3, -0.25) is 9.52 Å². The predicted molar refractivity (Wildman–Crippen MR) is 131 cm³/mol. The fraction of sp³-hybridized carbons (Fsp3) is 0.417. The van der Waals surface area contributed by atoms with E-state index < -0.39 is 10.0 Å². The third-order valence-electron chi connectivity index (χ3n) is 6.04. The highest BCUT2D eigenvalue weighted by Gasteiger charge is 2.19. The average molecular weight is 471 g/mol. The van der Waals surface area contributed by atoms with Crippen LogP contribution in [0, 0.1) is 0 Å². The number of piperidine rings is 1. The van der Waals surface area contributed by atoms with E-state index in [9.17, 15) is 13.2 Å². The zero-order valence-electron chi connectivity index (χ0n) is 18.8. The molecule has 8 nitrogen and oxygen atoms in total. The molecule has 0 bridgehead atoms. The van der Waals surface area contributed by atoms with Gasteiger partial charge in [0, 0.05) is 30.3 Å². The van der Waals surface area contributed by atoms with Crippen molar-refractivity contribution in [1.29, 1.82) is 0 Å². The molecule has 2 heterocycles. The molecule has 9 heteroatoms. The Morgan fingerprint density at radius 2 is 1.97 bits per heavy atom. The number of methoxy groups -OCH3 is 1. The van der Waals surface area contributed by atoms with E-state index in [4.69, 9.17) is 4.74 Å². The average Bonchev–Trinajstić information content (AvgIpc) is 2.82. The van der Waals surface area contributed by atoms with E-state index in [1.807, 2.05) is 18.2 Å². The topological polar surface area (TPSA) is 104 Å². The molecule has 1 atom stereocenters. The lowest BCUT2D eigenvalue weighted by Gasteiger charge is -2.31. The second-order valence-electron chi connectivity index (χ2n) is 8.46. The summed E-state index contributed by atoms with van der Waals surface area (Å²) in [5, 5.41) is 7.98. The van der Waals surface area contributed by atoms with Crippen molar-refractivity contribution in [3.63, 3.8) is 0 Å². The Morgan fingerprint density at radius 1 is 1.15 bits per heavy atom. The molecule has 0 radical (unpaired) electrons. The van der Waals surface area contributed by atoms with Crippen molar-refractivity contribution in [3.05, 3.63) is 58.9 Å². The van der Waals surface area contributed by atoms with Crippen LogP contribution in [0.15, 0.2) is 53.3 Å². The van der Waals surface area contributed by atoms with Crippen LogP contribution in [-0.2, 0) is 14.8 Å². The molecule has 2 aromatic carbocycles. The summed E-state index contributed by atoms with van der Waals surface area (Å²) in [6.07, 6.45) is 3.91. The van der Waals surface area contributed by atoms with Gasteiger partial charge in [0.15, 0.2) is 0 Å². The van der Waals surface area contributed by atoms with Gasteiger partial charge >= 0.3 is 0 Å². The third kappa shape index (κ3) is 5.98. The first-order valence-corrected chi connectivity index (χ1v) is 12.9. The van der Waals surface area contributed by atoms with Gasteiger partial charge in [0.1, 0.15) is 0 Å². The minimum Gasteiger partial charge on any atom is -0.380 e. The summed E-state index contributed by atoms with van der Waals surface area (Å²) in [7, 11) is -1.73. The molecule has 1 saturated heterocycles. The number of ether oxygens (including phenoxy) is 1. The second kappa shape index (κ2) is 10.5. The molecule has 0 amide bonds. The molecule has 0 aliphatic carbocycles. The van der Waals surface area contributed by atoms with Crippen molar-refractivity contribution in [1.82, 2.24) is 15.1 Å². The maximum absolute atomic E-state index is 12.6. The summed E-state index contributed by atoms with van der Waals surface area (Å²) in [5.41, 5.74) is 1.54. The SMILES string of the molecule is COC1CCCN(CCCCS(=O)(=O)Nc2cccc(-c3n[nH]c(=O)c4ccccc34)c2)C1. The number of H-pyrrole nitrogens is 1. The Balaban J connectivity index is 1.38. The molecule has 1 unspecified atom stereocenters. The minimum atomic E-state index is -3.47. The van der Waals surface area contributed by atoms with Crippen molar-refractivity contribution < 1.29 is 13.2 Å². The number of rotatable bonds is 9. The predicted octanol–water partition coefficient (Wildman–Crippen LogP) is 3.22. The molecule has 4 rings (SSSR count). The van der Waals surface area contributed by atoms with E-state index in [0.29, 0.717) is 23.2 Å². The van der Waals surface area contributed by atoms with Gasteiger partial charge in [0.25, 0.3) is 5.56 Å². The number of likely N-dealkylation sites (tertiary alicyclic amines) is 1. The number of nitrogens with zero attached hydrogens (tertiary/aromatic N) is 2. The summed E-state index contributed by atoms with van der Waals surface area (Å²) >= 11 is 0. The van der Waals surface area contributed by atoms with E-state index in [1.165, 1.54) is 0 Å².